The molecular weight excluding hydrogens is 404 g/mol. The second-order valence-electron chi connectivity index (χ2n) is 7.31. The van der Waals surface area contributed by atoms with Gasteiger partial charge in [0.2, 0.25) is 0 Å². The third-order valence-corrected chi connectivity index (χ3v) is 6.59. The predicted octanol–water partition coefficient (Wildman–Crippen LogP) is 3.06. The van der Waals surface area contributed by atoms with Gasteiger partial charge >= 0.3 is 12.0 Å². The fourth-order valence-electron chi connectivity index (χ4n) is 3.31. The van der Waals surface area contributed by atoms with E-state index in [0.29, 0.717) is 5.56 Å². The first-order chi connectivity index (χ1) is 14.2. The Morgan fingerprint density at radius 2 is 1.70 bits per heavy atom. The first kappa shape index (κ1) is 21.6. The van der Waals surface area contributed by atoms with E-state index in [0.717, 1.165) is 5.56 Å². The molecule has 0 fully saturated rings. The van der Waals surface area contributed by atoms with Crippen LogP contribution in [-0.2, 0) is 19.4 Å². The highest BCUT2D eigenvalue weighted by Crippen LogP contribution is 2.29. The molecule has 1 heterocycles. The van der Waals surface area contributed by atoms with Gasteiger partial charge in [-0.15, -0.1) is 0 Å². The van der Waals surface area contributed by atoms with Crippen molar-refractivity contribution in [3.8, 4) is 0 Å². The summed E-state index contributed by atoms with van der Waals surface area (Å²) < 4.78 is 30.9. The molecule has 2 aromatic carbocycles. The van der Waals surface area contributed by atoms with Gasteiger partial charge in [-0.1, -0.05) is 56.3 Å². The van der Waals surface area contributed by atoms with E-state index in [1.165, 1.54) is 7.11 Å². The first-order valence-electron chi connectivity index (χ1n) is 9.49. The topological polar surface area (TPSA) is 102 Å². The quantitative estimate of drug-likeness (QED) is 0.689. The van der Waals surface area contributed by atoms with Gasteiger partial charge in [-0.2, -0.15) is 0 Å². The lowest BCUT2D eigenvalue weighted by Gasteiger charge is -2.29. The predicted molar refractivity (Wildman–Crippen MR) is 112 cm³/mol. The van der Waals surface area contributed by atoms with Crippen LogP contribution in [0.15, 0.2) is 70.8 Å². The van der Waals surface area contributed by atoms with Crippen LogP contribution in [0.2, 0.25) is 0 Å². The Hall–Kier alpha value is -3.13. The van der Waals surface area contributed by atoms with Gasteiger partial charge in [0.1, 0.15) is 0 Å². The summed E-state index contributed by atoms with van der Waals surface area (Å²) in [5.74, 6) is -0.975. The maximum Gasteiger partial charge on any atom is 0.338 e. The Balaban J connectivity index is 2.04. The molecule has 1 atom stereocenters. The number of sulfone groups is 1. The molecule has 7 nitrogen and oxygen atoms in total. The van der Waals surface area contributed by atoms with Crippen molar-refractivity contribution in [3.63, 3.8) is 0 Å². The van der Waals surface area contributed by atoms with E-state index in [9.17, 15) is 18.0 Å². The second-order valence-corrected chi connectivity index (χ2v) is 9.30. The molecule has 0 radical (unpaired) electrons. The summed E-state index contributed by atoms with van der Waals surface area (Å²) in [6.45, 7) is 4.04. The molecule has 8 heteroatoms. The van der Waals surface area contributed by atoms with Crippen LogP contribution in [0.25, 0.3) is 0 Å². The van der Waals surface area contributed by atoms with Crippen LogP contribution in [0.4, 0.5) is 4.79 Å². The van der Waals surface area contributed by atoms with Gasteiger partial charge in [-0.25, -0.2) is 18.0 Å². The Bertz CT molecular complexity index is 1070. The van der Waals surface area contributed by atoms with Gasteiger partial charge in [0.15, 0.2) is 9.84 Å². The van der Waals surface area contributed by atoms with E-state index in [1.54, 1.807) is 54.6 Å². The number of carbonyl (C=O) groups is 2. The van der Waals surface area contributed by atoms with E-state index in [-0.39, 0.29) is 22.1 Å². The highest BCUT2D eigenvalue weighted by Gasteiger charge is 2.35. The van der Waals surface area contributed by atoms with Crippen LogP contribution in [0.1, 0.15) is 36.9 Å². The minimum Gasteiger partial charge on any atom is -0.466 e. The third-order valence-electron chi connectivity index (χ3n) is 4.93. The Labute approximate surface area is 176 Å². The zero-order valence-corrected chi connectivity index (χ0v) is 17.8. The highest BCUT2D eigenvalue weighted by atomic mass is 32.2. The number of rotatable bonds is 6. The molecular formula is C22H24N2O5S. The summed E-state index contributed by atoms with van der Waals surface area (Å²) in [5.41, 5.74) is 1.73. The Morgan fingerprint density at radius 1 is 1.07 bits per heavy atom. The number of hydrogen-bond acceptors (Lipinski definition) is 5. The van der Waals surface area contributed by atoms with Gasteiger partial charge < -0.3 is 15.4 Å². The summed E-state index contributed by atoms with van der Waals surface area (Å²) in [6.07, 6.45) is 0. The maximum absolute atomic E-state index is 13.0. The van der Waals surface area contributed by atoms with Gasteiger partial charge in [0.05, 0.1) is 29.4 Å². The molecule has 2 aromatic rings. The van der Waals surface area contributed by atoms with E-state index < -0.39 is 33.6 Å². The fraction of sp³-hybridized carbons (Fsp3) is 0.273. The zero-order chi connectivity index (χ0) is 21.9. The lowest BCUT2D eigenvalue weighted by molar-refractivity contribution is -0.136. The molecule has 2 amide bonds. The Kier molecular flexibility index (Phi) is 6.26. The minimum absolute atomic E-state index is 0.00684. The molecule has 0 saturated heterocycles. The van der Waals surface area contributed by atoms with Crippen molar-refractivity contribution < 1.29 is 22.7 Å². The van der Waals surface area contributed by atoms with E-state index in [4.69, 9.17) is 4.74 Å². The molecule has 2 N–H and O–H groups in total. The third kappa shape index (κ3) is 4.54. The monoisotopic (exact) mass is 428 g/mol. The largest absolute Gasteiger partial charge is 0.466 e. The van der Waals surface area contributed by atoms with Crippen LogP contribution >= 0.6 is 0 Å². The molecule has 0 saturated carbocycles. The van der Waals surface area contributed by atoms with Crippen molar-refractivity contribution >= 4 is 21.8 Å². The molecule has 30 heavy (non-hydrogen) atoms. The van der Waals surface area contributed by atoms with Crippen molar-refractivity contribution in [2.75, 3.05) is 12.9 Å². The van der Waals surface area contributed by atoms with E-state index in [2.05, 4.69) is 10.6 Å². The molecule has 0 spiro atoms. The summed E-state index contributed by atoms with van der Waals surface area (Å²) >= 11 is 0. The summed E-state index contributed by atoms with van der Waals surface area (Å²) in [7, 11) is -2.60. The van der Waals surface area contributed by atoms with E-state index in [1.807, 2.05) is 13.8 Å². The number of hydrogen-bond donors (Lipinski definition) is 2. The van der Waals surface area contributed by atoms with Gasteiger partial charge in [-0.3, -0.25) is 0 Å². The molecule has 158 valence electrons. The fourth-order valence-corrected chi connectivity index (χ4v) is 4.64. The molecule has 1 aliphatic rings. The standard InChI is InChI=1S/C22H24N2O5S/c1-14(2)15-9-11-17(12-10-15)30(27,28)13-18-19(21(25)29-3)20(24-22(26)23-18)16-7-5-4-6-8-16/h4-12,14,20H,13H2,1-3H3,(H2,23,24,26)/t20-/m0/s1. The molecule has 0 unspecified atom stereocenters. The minimum atomic E-state index is -3.81. The van der Waals surface area contributed by atoms with Crippen molar-refractivity contribution in [1.82, 2.24) is 10.6 Å². The van der Waals surface area contributed by atoms with Crippen LogP contribution in [0, 0.1) is 0 Å². The molecule has 0 bridgehead atoms. The van der Waals surface area contributed by atoms with E-state index >= 15 is 0 Å². The summed E-state index contributed by atoms with van der Waals surface area (Å²) in [4.78, 5) is 24.9. The number of ether oxygens (including phenoxy) is 1. The summed E-state index contributed by atoms with van der Waals surface area (Å²) in [5, 5.41) is 5.16. The van der Waals surface area contributed by atoms with Gasteiger partial charge in [0.25, 0.3) is 0 Å². The lowest BCUT2D eigenvalue weighted by atomic mass is 9.96. The molecule has 1 aliphatic heterocycles. The van der Waals surface area contributed by atoms with Gasteiger partial charge in [0, 0.05) is 5.70 Å². The number of carbonyl (C=O) groups excluding carboxylic acids is 2. The second kappa shape index (κ2) is 8.71. The molecule has 3 rings (SSSR count). The number of benzene rings is 2. The van der Waals surface area contributed by atoms with Crippen molar-refractivity contribution in [2.24, 2.45) is 0 Å². The molecule has 0 aromatic heterocycles. The number of nitrogens with one attached hydrogen (secondary N) is 2. The smallest absolute Gasteiger partial charge is 0.338 e. The van der Waals surface area contributed by atoms with Crippen LogP contribution in [-0.4, -0.2) is 33.3 Å². The Morgan fingerprint density at radius 3 is 2.27 bits per heavy atom. The summed E-state index contributed by atoms with van der Waals surface area (Å²) in [6, 6.07) is 14.0. The molecule has 0 aliphatic carbocycles. The number of methoxy groups -OCH3 is 1. The lowest BCUT2D eigenvalue weighted by Crippen LogP contribution is -2.47. The average molecular weight is 429 g/mol. The number of urea groups is 1. The highest BCUT2D eigenvalue weighted by molar-refractivity contribution is 7.91. The van der Waals surface area contributed by atoms with Crippen LogP contribution in [0.5, 0.6) is 0 Å². The zero-order valence-electron chi connectivity index (χ0n) is 17.0. The maximum atomic E-state index is 13.0. The van der Waals surface area contributed by atoms with Crippen LogP contribution < -0.4 is 10.6 Å². The average Bonchev–Trinajstić information content (AvgIpc) is 2.73. The van der Waals surface area contributed by atoms with Crippen molar-refractivity contribution in [3.05, 3.63) is 77.0 Å². The van der Waals surface area contributed by atoms with Crippen molar-refractivity contribution in [2.45, 2.75) is 30.7 Å². The normalized spacial score (nSPS) is 16.8. The van der Waals surface area contributed by atoms with Gasteiger partial charge in [-0.05, 0) is 29.2 Å². The first-order valence-corrected chi connectivity index (χ1v) is 11.1. The van der Waals surface area contributed by atoms with Crippen molar-refractivity contribution in [1.29, 1.82) is 0 Å². The number of amides is 2. The SMILES string of the molecule is COC(=O)C1=C(CS(=O)(=O)c2ccc(C(C)C)cc2)NC(=O)N[C@H]1c1ccccc1. The number of esters is 1. The van der Waals surface area contributed by atoms with Crippen LogP contribution in [0.3, 0.4) is 0 Å².